The van der Waals surface area contributed by atoms with E-state index in [1.54, 1.807) is 7.11 Å². The van der Waals surface area contributed by atoms with E-state index in [4.69, 9.17) is 4.74 Å². The molecule has 0 amide bonds. The van der Waals surface area contributed by atoms with Gasteiger partial charge < -0.3 is 4.74 Å². The van der Waals surface area contributed by atoms with Crippen LogP contribution in [0.5, 0.6) is 0 Å². The largest absolute Gasteiger partial charge is 0.501 e. The molecule has 0 spiro atoms. The van der Waals surface area contributed by atoms with Crippen molar-refractivity contribution < 1.29 is 4.74 Å². The third kappa shape index (κ3) is 3.49. The Morgan fingerprint density at radius 1 is 1.38 bits per heavy atom. The van der Waals surface area contributed by atoms with Crippen molar-refractivity contribution in [1.82, 2.24) is 0 Å². The minimum absolute atomic E-state index is 0.961. The van der Waals surface area contributed by atoms with Crippen molar-refractivity contribution in [1.29, 1.82) is 0 Å². The first-order valence-corrected chi connectivity index (χ1v) is 4.76. The lowest BCUT2D eigenvalue weighted by Crippen LogP contribution is -1.93. The molecular weight excluding hydrogens is 160 g/mol. The second-order valence-electron chi connectivity index (χ2n) is 3.63. The Balaban J connectivity index is 2.41. The van der Waals surface area contributed by atoms with Crippen LogP contribution in [0.2, 0.25) is 0 Å². The van der Waals surface area contributed by atoms with Crippen molar-refractivity contribution >= 4 is 0 Å². The van der Waals surface area contributed by atoms with E-state index < -0.39 is 0 Å². The summed E-state index contributed by atoms with van der Waals surface area (Å²) in [5.41, 5.74) is 2.89. The summed E-state index contributed by atoms with van der Waals surface area (Å²) in [4.78, 5) is 0. The fraction of sp³-hybridized carbons (Fsp3) is 0.500. The average molecular weight is 178 g/mol. The number of methoxy groups -OCH3 is 1. The summed E-state index contributed by atoms with van der Waals surface area (Å²) in [6, 6.07) is 0. The fourth-order valence-corrected chi connectivity index (χ4v) is 1.33. The van der Waals surface area contributed by atoms with Gasteiger partial charge in [0.25, 0.3) is 0 Å². The third-order valence-corrected chi connectivity index (χ3v) is 2.22. The van der Waals surface area contributed by atoms with Crippen molar-refractivity contribution in [3.63, 3.8) is 0 Å². The van der Waals surface area contributed by atoms with Crippen LogP contribution in [0.3, 0.4) is 0 Å². The molecule has 0 saturated heterocycles. The Labute approximate surface area is 80.8 Å². The molecule has 0 bridgehead atoms. The average Bonchev–Trinajstić information content (AvgIpc) is 2.15. The maximum Gasteiger partial charge on any atom is 0.0956 e. The van der Waals surface area contributed by atoms with E-state index in [0.29, 0.717) is 0 Å². The van der Waals surface area contributed by atoms with Crippen LogP contribution in [0, 0.1) is 0 Å². The molecule has 0 heterocycles. The summed E-state index contributed by atoms with van der Waals surface area (Å²) in [5, 5.41) is 0. The van der Waals surface area contributed by atoms with Crippen LogP contribution in [0.4, 0.5) is 0 Å². The second kappa shape index (κ2) is 4.90. The molecule has 13 heavy (non-hydrogen) atoms. The Kier molecular flexibility index (Phi) is 3.81. The Bertz CT molecular complexity index is 252. The van der Waals surface area contributed by atoms with E-state index in [1.165, 1.54) is 11.1 Å². The molecular formula is C12H18O. The lowest BCUT2D eigenvalue weighted by atomic mass is 10.0. The summed E-state index contributed by atoms with van der Waals surface area (Å²) in [5.74, 6) is 1.10. The van der Waals surface area contributed by atoms with Gasteiger partial charge in [-0.2, -0.15) is 0 Å². The number of allylic oxidation sites excluding steroid dienone is 5. The van der Waals surface area contributed by atoms with Crippen LogP contribution in [0.25, 0.3) is 0 Å². The van der Waals surface area contributed by atoms with Crippen molar-refractivity contribution in [3.8, 4) is 0 Å². The first-order chi connectivity index (χ1) is 6.22. The monoisotopic (exact) mass is 178 g/mol. The highest BCUT2D eigenvalue weighted by atomic mass is 16.5. The molecule has 1 aliphatic carbocycles. The Morgan fingerprint density at radius 2 is 2.15 bits per heavy atom. The van der Waals surface area contributed by atoms with Crippen LogP contribution in [-0.4, -0.2) is 7.11 Å². The number of rotatable bonds is 3. The van der Waals surface area contributed by atoms with E-state index in [-0.39, 0.29) is 0 Å². The second-order valence-corrected chi connectivity index (χ2v) is 3.63. The topological polar surface area (TPSA) is 9.23 Å². The predicted octanol–water partition coefficient (Wildman–Crippen LogP) is 3.59. The molecule has 0 aromatic carbocycles. The molecule has 0 aromatic rings. The van der Waals surface area contributed by atoms with Crippen LogP contribution in [0.1, 0.15) is 33.1 Å². The van der Waals surface area contributed by atoms with E-state index in [2.05, 4.69) is 32.1 Å². The molecule has 0 aliphatic heterocycles. The number of ether oxygens (including phenoxy) is 1. The fourth-order valence-electron chi connectivity index (χ4n) is 1.33. The first-order valence-electron chi connectivity index (χ1n) is 4.76. The van der Waals surface area contributed by atoms with Crippen LogP contribution in [0.15, 0.2) is 35.1 Å². The quantitative estimate of drug-likeness (QED) is 0.600. The molecule has 1 rings (SSSR count). The Hall–Kier alpha value is -0.980. The summed E-state index contributed by atoms with van der Waals surface area (Å²) >= 11 is 0. The summed E-state index contributed by atoms with van der Waals surface area (Å²) in [7, 11) is 1.74. The molecule has 1 nitrogen and oxygen atoms in total. The van der Waals surface area contributed by atoms with Gasteiger partial charge in [-0.1, -0.05) is 23.3 Å². The van der Waals surface area contributed by atoms with Gasteiger partial charge in [0.05, 0.1) is 12.9 Å². The van der Waals surface area contributed by atoms with Gasteiger partial charge in [-0.15, -0.1) is 0 Å². The van der Waals surface area contributed by atoms with E-state index in [9.17, 15) is 0 Å². The summed E-state index contributed by atoms with van der Waals surface area (Å²) in [6.07, 6.45) is 9.83. The highest BCUT2D eigenvalue weighted by Crippen LogP contribution is 2.20. The minimum Gasteiger partial charge on any atom is -0.501 e. The highest BCUT2D eigenvalue weighted by Gasteiger charge is 2.03. The van der Waals surface area contributed by atoms with Crippen molar-refractivity contribution in [2.24, 2.45) is 0 Å². The van der Waals surface area contributed by atoms with E-state index in [1.807, 2.05) is 0 Å². The third-order valence-electron chi connectivity index (χ3n) is 2.22. The molecule has 0 unspecified atom stereocenters. The zero-order valence-electron chi connectivity index (χ0n) is 8.76. The molecule has 72 valence electrons. The predicted molar refractivity (Wildman–Crippen MR) is 56.5 cm³/mol. The normalized spacial score (nSPS) is 15.9. The standard InChI is InChI=1S/C12H18O/c1-10(2)4-5-11-6-8-12(13-3)9-7-11/h4,6,9H,5,7-8H2,1-3H3. The number of hydrogen-bond donors (Lipinski definition) is 0. The lowest BCUT2D eigenvalue weighted by Gasteiger charge is -2.11. The molecule has 1 heteroatoms. The zero-order chi connectivity index (χ0) is 9.68. The lowest BCUT2D eigenvalue weighted by molar-refractivity contribution is 0.281. The first kappa shape index (κ1) is 10.1. The van der Waals surface area contributed by atoms with Crippen LogP contribution >= 0.6 is 0 Å². The molecule has 1 aliphatic rings. The van der Waals surface area contributed by atoms with Crippen LogP contribution < -0.4 is 0 Å². The van der Waals surface area contributed by atoms with Gasteiger partial charge >= 0.3 is 0 Å². The van der Waals surface area contributed by atoms with E-state index in [0.717, 1.165) is 25.0 Å². The zero-order valence-corrected chi connectivity index (χ0v) is 8.76. The van der Waals surface area contributed by atoms with Gasteiger partial charge in [-0.3, -0.25) is 0 Å². The van der Waals surface area contributed by atoms with Crippen molar-refractivity contribution in [3.05, 3.63) is 35.1 Å². The Morgan fingerprint density at radius 3 is 2.62 bits per heavy atom. The van der Waals surface area contributed by atoms with Gasteiger partial charge in [0.2, 0.25) is 0 Å². The maximum absolute atomic E-state index is 5.17. The molecule has 0 N–H and O–H groups in total. The smallest absolute Gasteiger partial charge is 0.0956 e. The minimum atomic E-state index is 0.961. The molecule has 0 saturated carbocycles. The SMILES string of the molecule is COC1=CCC(CC=C(C)C)=CC1. The van der Waals surface area contributed by atoms with E-state index >= 15 is 0 Å². The molecule has 0 fully saturated rings. The van der Waals surface area contributed by atoms with Crippen molar-refractivity contribution in [2.45, 2.75) is 33.1 Å². The molecule has 0 aromatic heterocycles. The van der Waals surface area contributed by atoms with Gasteiger partial charge in [0.15, 0.2) is 0 Å². The van der Waals surface area contributed by atoms with Gasteiger partial charge in [0, 0.05) is 6.42 Å². The molecule has 0 atom stereocenters. The molecule has 0 radical (unpaired) electrons. The number of hydrogen-bond acceptors (Lipinski definition) is 1. The summed E-state index contributed by atoms with van der Waals surface area (Å²) in [6.45, 7) is 4.28. The van der Waals surface area contributed by atoms with Crippen molar-refractivity contribution in [2.75, 3.05) is 7.11 Å². The highest BCUT2D eigenvalue weighted by molar-refractivity contribution is 5.21. The maximum atomic E-state index is 5.17. The summed E-state index contributed by atoms with van der Waals surface area (Å²) < 4.78 is 5.17. The van der Waals surface area contributed by atoms with Gasteiger partial charge in [-0.05, 0) is 32.8 Å². The van der Waals surface area contributed by atoms with Crippen LogP contribution in [-0.2, 0) is 4.74 Å². The van der Waals surface area contributed by atoms with Gasteiger partial charge in [0.1, 0.15) is 0 Å². The van der Waals surface area contributed by atoms with Gasteiger partial charge in [-0.25, -0.2) is 0 Å².